The first-order valence-corrected chi connectivity index (χ1v) is 30.1. The average Bonchev–Trinajstić information content (AvgIpc) is 1.62. The molecule has 438 valence electrons. The lowest BCUT2D eigenvalue weighted by atomic mass is 9.77. The van der Waals surface area contributed by atoms with Crippen LogP contribution in [0.25, 0.3) is 144 Å². The second kappa shape index (κ2) is 26.1. The topological polar surface area (TPSA) is 153 Å². The van der Waals surface area contributed by atoms with Crippen molar-refractivity contribution in [1.29, 1.82) is 0 Å². The summed E-state index contributed by atoms with van der Waals surface area (Å²) in [5.41, 5.74) is 8.22. The minimum absolute atomic E-state index is 0. The normalized spacial score (nSPS) is 12.0. The molecule has 0 radical (unpaired) electrons. The molecule has 0 unspecified atom stereocenters. The fraction of sp³-hybridized carbons (Fsp3) is 0.0667. The molecule has 0 saturated carbocycles. The summed E-state index contributed by atoms with van der Waals surface area (Å²) in [6, 6.07) is 79.5. The lowest BCUT2D eigenvalue weighted by Gasteiger charge is -2.12. The van der Waals surface area contributed by atoms with Gasteiger partial charge in [0.15, 0.2) is 29.1 Å². The molecule has 1 aliphatic rings. The summed E-state index contributed by atoms with van der Waals surface area (Å²) in [7, 11) is -1.46. The maximum absolute atomic E-state index is 9.13. The lowest BCUT2D eigenvalue weighted by Crippen LogP contribution is -2.30. The highest BCUT2D eigenvalue weighted by Crippen LogP contribution is 2.38. The van der Waals surface area contributed by atoms with Gasteiger partial charge < -0.3 is 23.6 Å². The van der Waals surface area contributed by atoms with Crippen LogP contribution in [0.2, 0.25) is 15.3 Å². The number of benzene rings is 12. The van der Waals surface area contributed by atoms with Crippen LogP contribution in [0, 0.1) is 0 Å². The number of para-hydroxylation sites is 2. The Balaban J connectivity index is 0.000000130. The fourth-order valence-corrected chi connectivity index (χ4v) is 12.0. The van der Waals surface area contributed by atoms with Gasteiger partial charge in [0.1, 0.15) is 22.3 Å². The molecule has 0 spiro atoms. The Labute approximate surface area is 533 Å². The number of halogens is 3. The van der Waals surface area contributed by atoms with Gasteiger partial charge in [0.05, 0.1) is 0 Å². The summed E-state index contributed by atoms with van der Waals surface area (Å²) in [5, 5.41) is 32.0. The van der Waals surface area contributed by atoms with Crippen LogP contribution in [0.3, 0.4) is 0 Å². The lowest BCUT2D eigenvalue weighted by molar-refractivity contribution is 0.198. The summed E-state index contributed by atoms with van der Waals surface area (Å²) >= 11 is 18.8. The van der Waals surface area contributed by atoms with Crippen LogP contribution in [0.5, 0.6) is 0 Å². The zero-order chi connectivity index (χ0) is 60.4. The van der Waals surface area contributed by atoms with Gasteiger partial charge in [0.2, 0.25) is 5.28 Å². The molecule has 1 saturated heterocycles. The van der Waals surface area contributed by atoms with Gasteiger partial charge in [-0.1, -0.05) is 219 Å². The van der Waals surface area contributed by atoms with Gasteiger partial charge in [-0.15, -0.1) is 0 Å². The van der Waals surface area contributed by atoms with E-state index < -0.39 is 7.12 Å². The van der Waals surface area contributed by atoms with Crippen LogP contribution in [0.15, 0.2) is 251 Å². The molecule has 0 bridgehead atoms. The number of ether oxygens (including phenoxy) is 1. The molecular formula is C75H54BCl3N6O5. The third-order valence-corrected chi connectivity index (χ3v) is 16.5. The number of hydrogen-bond donors (Lipinski definition) is 2. The van der Waals surface area contributed by atoms with Crippen molar-refractivity contribution in [3.63, 3.8) is 0 Å². The van der Waals surface area contributed by atoms with E-state index in [1.165, 1.54) is 12.8 Å². The van der Waals surface area contributed by atoms with Crippen molar-refractivity contribution >= 4 is 134 Å². The van der Waals surface area contributed by atoms with E-state index in [2.05, 4.69) is 82.8 Å². The minimum atomic E-state index is -1.46. The Morgan fingerprint density at radius 1 is 0.322 bits per heavy atom. The molecule has 12 aromatic carbocycles. The average molecular weight is 1240 g/mol. The SMILES string of the molecule is C.C1CCOC1.Clc1ccc(-c2nc(-c3ccc4c(c3)oc3ccccc34)nc(-c3cccc4ccccc34)n2)c2ccccc12.Clc1nc(-c2ccc3c(c2)oc2ccccc23)nc(-c2cccc3ccccc23)n1.OB(O)c1ccc(Cl)c2ccccc12. The summed E-state index contributed by atoms with van der Waals surface area (Å²) in [6.07, 6.45) is 2.56. The van der Waals surface area contributed by atoms with E-state index in [4.69, 9.17) is 78.4 Å². The van der Waals surface area contributed by atoms with Gasteiger partial charge in [0.25, 0.3) is 0 Å². The van der Waals surface area contributed by atoms with E-state index in [0.29, 0.717) is 44.6 Å². The molecule has 11 nitrogen and oxygen atoms in total. The number of aromatic nitrogens is 6. The largest absolute Gasteiger partial charge is 0.489 e. The smallest absolute Gasteiger partial charge is 0.456 e. The molecule has 0 atom stereocenters. The molecule has 1 fully saturated rings. The van der Waals surface area contributed by atoms with E-state index in [1.54, 1.807) is 12.1 Å². The molecule has 90 heavy (non-hydrogen) atoms. The molecule has 1 aliphatic heterocycles. The first-order valence-electron chi connectivity index (χ1n) is 28.9. The molecule has 0 aliphatic carbocycles. The Hall–Kier alpha value is -9.89. The summed E-state index contributed by atoms with van der Waals surface area (Å²) in [5.74, 6) is 2.84. The van der Waals surface area contributed by atoms with Gasteiger partial charge in [-0.2, -0.15) is 9.97 Å². The first-order chi connectivity index (χ1) is 43.7. The van der Waals surface area contributed by atoms with Crippen LogP contribution >= 0.6 is 34.8 Å². The quantitative estimate of drug-likeness (QED) is 0.153. The van der Waals surface area contributed by atoms with Crippen molar-refractivity contribution < 1.29 is 23.6 Å². The molecule has 2 N–H and O–H groups in total. The van der Waals surface area contributed by atoms with E-state index in [1.807, 2.05) is 158 Å². The Morgan fingerprint density at radius 2 is 0.700 bits per heavy atom. The van der Waals surface area contributed by atoms with Gasteiger partial charge in [0, 0.05) is 78.0 Å². The Kier molecular flexibility index (Phi) is 17.1. The molecule has 4 aromatic heterocycles. The van der Waals surface area contributed by atoms with Crippen molar-refractivity contribution in [1.82, 2.24) is 29.9 Å². The van der Waals surface area contributed by atoms with Crippen LogP contribution < -0.4 is 5.46 Å². The highest BCUT2D eigenvalue weighted by Gasteiger charge is 2.20. The third-order valence-electron chi connectivity index (χ3n) is 15.7. The second-order valence-corrected chi connectivity index (χ2v) is 22.4. The van der Waals surface area contributed by atoms with Gasteiger partial charge in [-0.05, 0) is 122 Å². The number of rotatable bonds is 6. The van der Waals surface area contributed by atoms with E-state index >= 15 is 0 Å². The van der Waals surface area contributed by atoms with E-state index in [0.717, 1.165) is 128 Å². The highest BCUT2D eigenvalue weighted by molar-refractivity contribution is 6.62. The maximum atomic E-state index is 9.13. The van der Waals surface area contributed by atoms with Crippen LogP contribution in [0.4, 0.5) is 0 Å². The summed E-state index contributed by atoms with van der Waals surface area (Å²) in [6.45, 7) is 2.00. The Bertz CT molecular complexity index is 5310. The van der Waals surface area contributed by atoms with Crippen molar-refractivity contribution in [3.05, 3.63) is 258 Å². The number of nitrogens with zero attached hydrogens (tertiary/aromatic N) is 6. The zero-order valence-electron chi connectivity index (χ0n) is 47.4. The number of furan rings is 2. The van der Waals surface area contributed by atoms with Crippen molar-refractivity contribution in [2.75, 3.05) is 13.2 Å². The summed E-state index contributed by atoms with van der Waals surface area (Å²) < 4.78 is 17.1. The molecule has 15 heteroatoms. The first kappa shape index (κ1) is 59.1. The summed E-state index contributed by atoms with van der Waals surface area (Å²) in [4.78, 5) is 28.6. The predicted molar refractivity (Wildman–Crippen MR) is 369 cm³/mol. The molecule has 0 amide bonds. The van der Waals surface area contributed by atoms with Crippen LogP contribution in [-0.2, 0) is 4.74 Å². The number of fused-ring (bicyclic) bond motifs is 10. The fourth-order valence-electron chi connectivity index (χ4n) is 11.4. The Morgan fingerprint density at radius 3 is 1.21 bits per heavy atom. The predicted octanol–water partition coefficient (Wildman–Crippen LogP) is 19.2. The minimum Gasteiger partial charge on any atom is -0.456 e. The van der Waals surface area contributed by atoms with Crippen molar-refractivity contribution in [2.45, 2.75) is 20.3 Å². The highest BCUT2D eigenvalue weighted by atomic mass is 35.5. The number of hydrogen-bond acceptors (Lipinski definition) is 11. The molecule has 17 rings (SSSR count). The third kappa shape index (κ3) is 12.0. The van der Waals surface area contributed by atoms with Crippen LogP contribution in [-0.4, -0.2) is 60.3 Å². The molecule has 5 heterocycles. The zero-order valence-corrected chi connectivity index (χ0v) is 49.7. The van der Waals surface area contributed by atoms with E-state index in [-0.39, 0.29) is 12.7 Å². The maximum Gasteiger partial charge on any atom is 0.489 e. The van der Waals surface area contributed by atoms with Gasteiger partial charge in [-0.3, -0.25) is 0 Å². The molecular weight excluding hydrogens is 1180 g/mol. The van der Waals surface area contributed by atoms with Crippen molar-refractivity contribution in [2.24, 2.45) is 0 Å². The van der Waals surface area contributed by atoms with Gasteiger partial charge >= 0.3 is 7.12 Å². The van der Waals surface area contributed by atoms with E-state index in [9.17, 15) is 0 Å². The van der Waals surface area contributed by atoms with Crippen molar-refractivity contribution in [3.8, 4) is 56.9 Å². The monoisotopic (exact) mass is 1230 g/mol. The standard InChI is InChI=1S/C35H20ClN3O.C25H14ClN3O.C10H8BClO2.C4H8O.CH4/c36-30-19-18-29(24-11-3-4-12-25(24)30)35-38-33(22-16-17-27-26-13-5-6-15-31(26)40-32(27)20-22)37-34(39-35)28-14-7-9-21-8-1-2-10-23(21)28;26-25-28-23(16-12-13-19-18-9-3-4-11-21(18)30-22(19)14-16)27-24(29-25)20-10-5-7-15-6-1-2-8-17(15)20;12-10-6-5-9(11(13)14)7-3-1-2-4-8(7)10;1-2-4-5-3-1;/h1-20H;1-14H;1-6,13-14H;1-4H2;1H4. The second-order valence-electron chi connectivity index (χ2n) is 21.2. The van der Waals surface area contributed by atoms with Crippen LogP contribution in [0.1, 0.15) is 20.3 Å². The van der Waals surface area contributed by atoms with Gasteiger partial charge in [-0.25, -0.2) is 19.9 Å². The molecule has 16 aromatic rings.